The first-order valence-corrected chi connectivity index (χ1v) is 11.3. The predicted molar refractivity (Wildman–Crippen MR) is 118 cm³/mol. The summed E-state index contributed by atoms with van der Waals surface area (Å²) in [5.41, 5.74) is 0.551. The second-order valence-electron chi connectivity index (χ2n) is 8.93. The van der Waals surface area contributed by atoms with Crippen LogP contribution in [0.3, 0.4) is 0 Å². The van der Waals surface area contributed by atoms with Gasteiger partial charge in [-0.05, 0) is 57.2 Å². The van der Waals surface area contributed by atoms with Crippen molar-refractivity contribution in [1.29, 1.82) is 0 Å². The minimum Gasteiger partial charge on any atom is -0.488 e. The van der Waals surface area contributed by atoms with Crippen LogP contribution in [-0.4, -0.2) is 26.5 Å². The molecule has 0 radical (unpaired) electrons. The van der Waals surface area contributed by atoms with Crippen LogP contribution < -0.4 is 10.1 Å². The van der Waals surface area contributed by atoms with Crippen molar-refractivity contribution in [2.24, 2.45) is 5.41 Å². The Kier molecular flexibility index (Phi) is 7.31. The average Bonchev–Trinajstić information content (AvgIpc) is 2.62. The first-order chi connectivity index (χ1) is 13.8. The number of ether oxygens (including phenoxy) is 1. The molecule has 0 saturated carbocycles. The zero-order chi connectivity index (χ0) is 22.6. The molecule has 2 aromatic rings. The Balaban J connectivity index is 1.90. The summed E-state index contributed by atoms with van der Waals surface area (Å²) in [5.74, 6) is 0.554. The summed E-state index contributed by atoms with van der Waals surface area (Å²) < 4.78 is 35.7. The Bertz CT molecular complexity index is 956. The fraction of sp³-hybridized carbons (Fsp3) is 0.435. The van der Waals surface area contributed by atoms with Crippen molar-refractivity contribution in [3.05, 3.63) is 54.1 Å². The normalized spacial score (nSPS) is 12.5. The van der Waals surface area contributed by atoms with Crippen LogP contribution in [0, 0.1) is 12.3 Å². The highest BCUT2D eigenvalue weighted by molar-refractivity contribution is 7.86. The maximum atomic E-state index is 12.3. The van der Waals surface area contributed by atoms with Crippen LogP contribution in [0.1, 0.15) is 46.6 Å². The molecule has 2 rings (SSSR count). The van der Waals surface area contributed by atoms with Crippen LogP contribution in [0.25, 0.3) is 0 Å². The first-order valence-electron chi connectivity index (χ1n) is 9.85. The third kappa shape index (κ3) is 7.15. The maximum absolute atomic E-state index is 12.3. The Labute approximate surface area is 179 Å². The molecular formula is C23H31NO5S. The van der Waals surface area contributed by atoms with Crippen LogP contribution in [0.5, 0.6) is 5.75 Å². The number of hydrogen-bond acceptors (Lipinski definition) is 5. The summed E-state index contributed by atoms with van der Waals surface area (Å²) in [6, 6.07) is 13.6. The van der Waals surface area contributed by atoms with Gasteiger partial charge in [0.05, 0.1) is 11.5 Å². The van der Waals surface area contributed by atoms with Crippen LogP contribution in [0.4, 0.5) is 5.69 Å². The molecule has 0 aliphatic carbocycles. The lowest BCUT2D eigenvalue weighted by molar-refractivity contribution is -0.123. The van der Waals surface area contributed by atoms with Gasteiger partial charge in [-0.3, -0.25) is 8.98 Å². The number of carbonyl (C=O) groups is 1. The Morgan fingerprint density at radius 2 is 1.50 bits per heavy atom. The molecular weight excluding hydrogens is 402 g/mol. The molecule has 6 nitrogen and oxygen atoms in total. The lowest BCUT2D eigenvalue weighted by Gasteiger charge is -2.26. The monoisotopic (exact) mass is 433 g/mol. The quantitative estimate of drug-likeness (QED) is 0.597. The molecule has 0 unspecified atom stereocenters. The molecule has 0 aromatic heterocycles. The average molecular weight is 434 g/mol. The Hall–Kier alpha value is -2.38. The van der Waals surface area contributed by atoms with Crippen LogP contribution in [0.15, 0.2) is 53.4 Å². The van der Waals surface area contributed by atoms with E-state index in [1.165, 1.54) is 12.1 Å². The van der Waals surface area contributed by atoms with Gasteiger partial charge in [0.25, 0.3) is 10.1 Å². The SMILES string of the molecule is Cc1ccc(S(=O)(=O)OCCC(C)(C)Oc2ccc(NC(=O)C(C)(C)C)cc2)cc1. The van der Waals surface area contributed by atoms with Gasteiger partial charge in [-0.15, -0.1) is 0 Å². The highest BCUT2D eigenvalue weighted by Gasteiger charge is 2.23. The van der Waals surface area contributed by atoms with E-state index in [-0.39, 0.29) is 17.4 Å². The van der Waals surface area contributed by atoms with E-state index in [9.17, 15) is 13.2 Å². The molecule has 0 aliphatic rings. The fourth-order valence-corrected chi connectivity index (χ4v) is 3.37. The van der Waals surface area contributed by atoms with Gasteiger partial charge in [0, 0.05) is 17.5 Å². The van der Waals surface area contributed by atoms with Crippen LogP contribution in [0.2, 0.25) is 0 Å². The first kappa shape index (κ1) is 23.9. The molecule has 0 bridgehead atoms. The van der Waals surface area contributed by atoms with E-state index in [1.807, 2.05) is 41.5 Å². The number of aryl methyl sites for hydroxylation is 1. The van der Waals surface area contributed by atoms with Gasteiger partial charge in [-0.25, -0.2) is 0 Å². The van der Waals surface area contributed by atoms with Gasteiger partial charge in [0.2, 0.25) is 5.91 Å². The van der Waals surface area contributed by atoms with Gasteiger partial charge in [0.15, 0.2) is 0 Å². The topological polar surface area (TPSA) is 81.7 Å². The van der Waals surface area contributed by atoms with Crippen molar-refractivity contribution in [3.8, 4) is 5.75 Å². The minimum atomic E-state index is -3.80. The fourth-order valence-electron chi connectivity index (χ4n) is 2.47. The van der Waals surface area contributed by atoms with Crippen molar-refractivity contribution in [2.45, 2.75) is 58.5 Å². The van der Waals surface area contributed by atoms with E-state index in [2.05, 4.69) is 5.32 Å². The third-order valence-corrected chi connectivity index (χ3v) is 5.77. The summed E-state index contributed by atoms with van der Waals surface area (Å²) in [5, 5.41) is 2.86. The van der Waals surface area contributed by atoms with Crippen LogP contribution >= 0.6 is 0 Å². The zero-order valence-corrected chi connectivity index (χ0v) is 19.3. The highest BCUT2D eigenvalue weighted by Crippen LogP contribution is 2.25. The lowest BCUT2D eigenvalue weighted by atomic mass is 9.95. The largest absolute Gasteiger partial charge is 0.488 e. The van der Waals surface area contributed by atoms with E-state index < -0.39 is 21.1 Å². The van der Waals surface area contributed by atoms with E-state index in [0.29, 0.717) is 17.9 Å². The van der Waals surface area contributed by atoms with E-state index in [0.717, 1.165) is 5.56 Å². The molecule has 0 fully saturated rings. The standard InChI is InChI=1S/C23H31NO5S/c1-17-7-13-20(14-8-17)30(26,27)28-16-15-23(5,6)29-19-11-9-18(10-12-19)24-21(25)22(2,3)4/h7-14H,15-16H2,1-6H3,(H,24,25). The molecule has 0 atom stereocenters. The van der Waals surface area contributed by atoms with Crippen molar-refractivity contribution in [1.82, 2.24) is 0 Å². The summed E-state index contributed by atoms with van der Waals surface area (Å²) >= 11 is 0. The number of nitrogens with one attached hydrogen (secondary N) is 1. The number of hydrogen-bond donors (Lipinski definition) is 1. The zero-order valence-electron chi connectivity index (χ0n) is 18.5. The number of amides is 1. The van der Waals surface area contributed by atoms with E-state index in [1.54, 1.807) is 36.4 Å². The lowest BCUT2D eigenvalue weighted by Crippen LogP contribution is -2.30. The maximum Gasteiger partial charge on any atom is 0.296 e. The van der Waals surface area contributed by atoms with Crippen LogP contribution in [-0.2, 0) is 19.1 Å². The third-order valence-electron chi connectivity index (χ3n) is 4.44. The summed E-state index contributed by atoms with van der Waals surface area (Å²) in [4.78, 5) is 12.2. The molecule has 0 aliphatic heterocycles. The predicted octanol–water partition coefficient (Wildman–Crippen LogP) is 4.93. The minimum absolute atomic E-state index is 0.00291. The molecule has 2 aromatic carbocycles. The smallest absolute Gasteiger partial charge is 0.296 e. The number of rotatable bonds is 8. The van der Waals surface area contributed by atoms with E-state index >= 15 is 0 Å². The summed E-state index contributed by atoms with van der Waals surface area (Å²) in [6.45, 7) is 11.2. The number of carbonyl (C=O) groups excluding carboxylic acids is 1. The molecule has 0 heterocycles. The number of benzene rings is 2. The van der Waals surface area contributed by atoms with Gasteiger partial charge < -0.3 is 10.1 Å². The number of anilines is 1. The van der Waals surface area contributed by atoms with Gasteiger partial charge >= 0.3 is 0 Å². The van der Waals surface area contributed by atoms with Crippen molar-refractivity contribution in [2.75, 3.05) is 11.9 Å². The van der Waals surface area contributed by atoms with E-state index in [4.69, 9.17) is 8.92 Å². The van der Waals surface area contributed by atoms with Gasteiger partial charge in [-0.1, -0.05) is 38.5 Å². The van der Waals surface area contributed by atoms with Gasteiger partial charge in [-0.2, -0.15) is 8.42 Å². The molecule has 7 heteroatoms. The Morgan fingerprint density at radius 1 is 0.933 bits per heavy atom. The molecule has 164 valence electrons. The molecule has 0 saturated heterocycles. The van der Waals surface area contributed by atoms with Gasteiger partial charge in [0.1, 0.15) is 11.4 Å². The molecule has 1 amide bonds. The summed E-state index contributed by atoms with van der Waals surface area (Å²) in [6.07, 6.45) is 0.376. The second kappa shape index (κ2) is 9.18. The second-order valence-corrected chi connectivity index (χ2v) is 10.5. The Morgan fingerprint density at radius 3 is 2.03 bits per heavy atom. The van der Waals surface area contributed by atoms with Crippen molar-refractivity contribution >= 4 is 21.7 Å². The summed E-state index contributed by atoms with van der Waals surface area (Å²) in [7, 11) is -3.80. The molecule has 0 spiro atoms. The molecule has 1 N–H and O–H groups in total. The van der Waals surface area contributed by atoms with Crippen molar-refractivity contribution < 1.29 is 22.1 Å². The van der Waals surface area contributed by atoms with Crippen molar-refractivity contribution in [3.63, 3.8) is 0 Å². The highest BCUT2D eigenvalue weighted by atomic mass is 32.2. The molecule has 30 heavy (non-hydrogen) atoms.